The fourth-order valence-corrected chi connectivity index (χ4v) is 1.52. The van der Waals surface area contributed by atoms with Crippen LogP contribution in [0.1, 0.15) is 25.5 Å². The summed E-state index contributed by atoms with van der Waals surface area (Å²) >= 11 is 0. The van der Waals surface area contributed by atoms with E-state index < -0.39 is 12.7 Å². The number of hydrogen-bond acceptors (Lipinski definition) is 3. The molecule has 3 nitrogen and oxygen atoms in total. The van der Waals surface area contributed by atoms with Crippen LogP contribution in [0.4, 0.5) is 8.78 Å². The fourth-order valence-electron chi connectivity index (χ4n) is 1.52. The molecule has 0 amide bonds. The van der Waals surface area contributed by atoms with Gasteiger partial charge in [-0.05, 0) is 30.2 Å². The first-order valence-electron chi connectivity index (χ1n) is 5.92. The van der Waals surface area contributed by atoms with E-state index in [4.69, 9.17) is 0 Å². The molecule has 1 rings (SSSR count). The van der Waals surface area contributed by atoms with Crippen LogP contribution in [0.2, 0.25) is 0 Å². The van der Waals surface area contributed by atoms with Crippen LogP contribution in [0, 0.1) is 5.92 Å². The molecule has 0 aromatic heterocycles. The Hall–Kier alpha value is -1.20. The van der Waals surface area contributed by atoms with Crippen LogP contribution in [-0.2, 0) is 0 Å². The van der Waals surface area contributed by atoms with Crippen molar-refractivity contribution < 1.29 is 18.6 Å². The minimum Gasteiger partial charge on any atom is -0.435 e. The molecule has 0 aliphatic carbocycles. The number of rotatable bonds is 7. The smallest absolute Gasteiger partial charge is 0.387 e. The van der Waals surface area contributed by atoms with E-state index in [2.05, 4.69) is 23.9 Å². The molecule has 1 aromatic rings. The lowest BCUT2D eigenvalue weighted by molar-refractivity contribution is -0.0499. The number of halogens is 2. The second-order valence-electron chi connectivity index (χ2n) is 4.52. The Morgan fingerprint density at radius 3 is 2.61 bits per heavy atom. The highest BCUT2D eigenvalue weighted by atomic mass is 19.3. The number of alkyl halides is 2. The first-order chi connectivity index (χ1) is 8.49. The lowest BCUT2D eigenvalue weighted by Gasteiger charge is -2.14. The first-order valence-corrected chi connectivity index (χ1v) is 5.92. The molecule has 1 atom stereocenters. The van der Waals surface area contributed by atoms with Crippen molar-refractivity contribution in [1.29, 1.82) is 0 Å². The topological polar surface area (TPSA) is 41.5 Å². The van der Waals surface area contributed by atoms with Gasteiger partial charge in [0.15, 0.2) is 0 Å². The monoisotopic (exact) mass is 259 g/mol. The van der Waals surface area contributed by atoms with Crippen LogP contribution in [0.25, 0.3) is 0 Å². The summed E-state index contributed by atoms with van der Waals surface area (Å²) in [5.74, 6) is 0.552. The van der Waals surface area contributed by atoms with Gasteiger partial charge < -0.3 is 15.2 Å². The number of nitrogens with one attached hydrogen (secondary N) is 1. The SMILES string of the molecule is CC(C)CNCC(O)c1cccc(OC(F)F)c1. The van der Waals surface area contributed by atoms with Gasteiger partial charge in [0.25, 0.3) is 0 Å². The Balaban J connectivity index is 2.54. The molecule has 2 N–H and O–H groups in total. The van der Waals surface area contributed by atoms with Crippen LogP contribution >= 0.6 is 0 Å². The molecule has 1 aromatic carbocycles. The molecular formula is C13H19F2NO2. The van der Waals surface area contributed by atoms with Crippen LogP contribution in [0.15, 0.2) is 24.3 Å². The minimum absolute atomic E-state index is 0.0606. The molecule has 0 saturated heterocycles. The van der Waals surface area contributed by atoms with Gasteiger partial charge in [-0.2, -0.15) is 8.78 Å². The van der Waals surface area contributed by atoms with E-state index >= 15 is 0 Å². The molecule has 0 spiro atoms. The van der Waals surface area contributed by atoms with Gasteiger partial charge in [0.1, 0.15) is 5.75 Å². The van der Waals surface area contributed by atoms with Crippen LogP contribution in [0.3, 0.4) is 0 Å². The molecule has 1 unspecified atom stereocenters. The van der Waals surface area contributed by atoms with Crippen molar-refractivity contribution in [3.63, 3.8) is 0 Å². The number of hydrogen-bond donors (Lipinski definition) is 2. The zero-order valence-electron chi connectivity index (χ0n) is 10.6. The van der Waals surface area contributed by atoms with Gasteiger partial charge in [0.2, 0.25) is 0 Å². The molecule has 5 heteroatoms. The average molecular weight is 259 g/mol. The van der Waals surface area contributed by atoms with Gasteiger partial charge >= 0.3 is 6.61 Å². The summed E-state index contributed by atoms with van der Waals surface area (Å²) in [7, 11) is 0. The van der Waals surface area contributed by atoms with Crippen LogP contribution in [0.5, 0.6) is 5.75 Å². The zero-order chi connectivity index (χ0) is 13.5. The third kappa shape index (κ3) is 5.42. The number of ether oxygens (including phenoxy) is 1. The average Bonchev–Trinajstić information content (AvgIpc) is 2.27. The molecule has 18 heavy (non-hydrogen) atoms. The normalized spacial score (nSPS) is 13.1. The number of benzene rings is 1. The van der Waals surface area contributed by atoms with E-state index in [1.54, 1.807) is 12.1 Å². The van der Waals surface area contributed by atoms with Gasteiger partial charge in [0, 0.05) is 6.54 Å². The second kappa shape index (κ2) is 7.28. The van der Waals surface area contributed by atoms with E-state index in [-0.39, 0.29) is 5.75 Å². The Kier molecular flexibility index (Phi) is 6.01. The largest absolute Gasteiger partial charge is 0.435 e. The summed E-state index contributed by atoms with van der Waals surface area (Å²) in [6, 6.07) is 6.12. The molecular weight excluding hydrogens is 240 g/mol. The third-order valence-corrected chi connectivity index (χ3v) is 2.36. The van der Waals surface area contributed by atoms with Crippen molar-refractivity contribution in [2.75, 3.05) is 13.1 Å². The van der Waals surface area contributed by atoms with E-state index in [1.807, 2.05) is 0 Å². The highest BCUT2D eigenvalue weighted by Gasteiger charge is 2.10. The van der Waals surface area contributed by atoms with Crippen LogP contribution < -0.4 is 10.1 Å². The Morgan fingerprint density at radius 2 is 2.00 bits per heavy atom. The van der Waals surface area contributed by atoms with E-state index in [1.165, 1.54) is 12.1 Å². The Morgan fingerprint density at radius 1 is 1.28 bits per heavy atom. The summed E-state index contributed by atoms with van der Waals surface area (Å²) in [4.78, 5) is 0. The summed E-state index contributed by atoms with van der Waals surface area (Å²) in [6.45, 7) is 2.46. The van der Waals surface area contributed by atoms with E-state index in [0.29, 0.717) is 18.0 Å². The minimum atomic E-state index is -2.85. The predicted molar refractivity (Wildman–Crippen MR) is 65.7 cm³/mol. The molecule has 0 radical (unpaired) electrons. The zero-order valence-corrected chi connectivity index (χ0v) is 10.6. The van der Waals surface area contributed by atoms with Crippen molar-refractivity contribution in [1.82, 2.24) is 5.32 Å². The van der Waals surface area contributed by atoms with Crippen molar-refractivity contribution in [3.05, 3.63) is 29.8 Å². The van der Waals surface area contributed by atoms with Gasteiger partial charge in [-0.15, -0.1) is 0 Å². The van der Waals surface area contributed by atoms with Crippen LogP contribution in [-0.4, -0.2) is 24.8 Å². The lowest BCUT2D eigenvalue weighted by Crippen LogP contribution is -2.25. The van der Waals surface area contributed by atoms with E-state index in [9.17, 15) is 13.9 Å². The Labute approximate surface area is 106 Å². The van der Waals surface area contributed by atoms with Gasteiger partial charge in [-0.25, -0.2) is 0 Å². The quantitative estimate of drug-likeness (QED) is 0.790. The standard InChI is InChI=1S/C13H19F2NO2/c1-9(2)7-16-8-12(17)10-4-3-5-11(6-10)18-13(14)15/h3-6,9,12-13,16-17H,7-8H2,1-2H3. The third-order valence-electron chi connectivity index (χ3n) is 2.36. The maximum Gasteiger partial charge on any atom is 0.387 e. The molecule has 102 valence electrons. The lowest BCUT2D eigenvalue weighted by atomic mass is 10.1. The first kappa shape index (κ1) is 14.9. The number of aliphatic hydroxyl groups is 1. The van der Waals surface area contributed by atoms with Gasteiger partial charge in [0.05, 0.1) is 6.10 Å². The van der Waals surface area contributed by atoms with Crippen molar-refractivity contribution in [2.45, 2.75) is 26.6 Å². The molecule has 0 fully saturated rings. The maximum atomic E-state index is 12.0. The summed E-state index contributed by atoms with van der Waals surface area (Å²) in [5, 5.41) is 13.0. The molecule has 0 aliphatic heterocycles. The number of aliphatic hydroxyl groups excluding tert-OH is 1. The Bertz CT molecular complexity index is 359. The molecule has 0 aliphatic rings. The van der Waals surface area contributed by atoms with Crippen molar-refractivity contribution >= 4 is 0 Å². The molecule has 0 heterocycles. The fraction of sp³-hybridized carbons (Fsp3) is 0.538. The summed E-state index contributed by atoms with van der Waals surface area (Å²) in [6.07, 6.45) is -0.732. The van der Waals surface area contributed by atoms with Crippen molar-refractivity contribution in [2.24, 2.45) is 5.92 Å². The maximum absolute atomic E-state index is 12.0. The molecule has 0 bridgehead atoms. The summed E-state index contributed by atoms with van der Waals surface area (Å²) in [5.41, 5.74) is 0.560. The van der Waals surface area contributed by atoms with Gasteiger partial charge in [-0.3, -0.25) is 0 Å². The van der Waals surface area contributed by atoms with Crippen molar-refractivity contribution in [3.8, 4) is 5.75 Å². The second-order valence-corrected chi connectivity index (χ2v) is 4.52. The summed E-state index contributed by atoms with van der Waals surface area (Å²) < 4.78 is 28.4. The highest BCUT2D eigenvalue weighted by Crippen LogP contribution is 2.20. The van der Waals surface area contributed by atoms with E-state index in [0.717, 1.165) is 6.54 Å². The van der Waals surface area contributed by atoms with Gasteiger partial charge in [-0.1, -0.05) is 26.0 Å². The predicted octanol–water partition coefficient (Wildman–Crippen LogP) is 2.57. The highest BCUT2D eigenvalue weighted by molar-refractivity contribution is 5.30. The molecule has 0 saturated carbocycles.